The van der Waals surface area contributed by atoms with Gasteiger partial charge in [0.1, 0.15) is 0 Å². The van der Waals surface area contributed by atoms with Crippen LogP contribution >= 0.6 is 0 Å². The molecule has 4 heteroatoms. The maximum Gasteiger partial charge on any atom is 0.323 e. The van der Waals surface area contributed by atoms with Gasteiger partial charge in [0.25, 0.3) is 0 Å². The van der Waals surface area contributed by atoms with Crippen molar-refractivity contribution in [2.24, 2.45) is 0 Å². The highest BCUT2D eigenvalue weighted by molar-refractivity contribution is 6.11. The standard InChI is InChI=1S/C18H18N2O2/c1-14(15-8-4-2-5-9-15)20-13-10-16(21)17(18(20)22)19-11-6-3-7-12-19/h2-9,11-12,14H,10,13H2,1H3/p+1/t14-/m0/s1. The number of rotatable bonds is 3. The van der Waals surface area contributed by atoms with Gasteiger partial charge in [-0.25, -0.2) is 0 Å². The Morgan fingerprint density at radius 1 is 1.09 bits per heavy atom. The number of hydrogen-bond donors (Lipinski definition) is 1. The van der Waals surface area contributed by atoms with E-state index in [1.54, 1.807) is 17.0 Å². The molecule has 0 spiro atoms. The number of pyridine rings is 1. The molecule has 3 rings (SSSR count). The summed E-state index contributed by atoms with van der Waals surface area (Å²) in [5, 5.41) is 10.2. The summed E-state index contributed by atoms with van der Waals surface area (Å²) in [6.07, 6.45) is 4.03. The minimum absolute atomic E-state index is 0.0267. The van der Waals surface area contributed by atoms with Crippen molar-refractivity contribution in [3.63, 3.8) is 0 Å². The molecule has 4 nitrogen and oxygen atoms in total. The molecule has 1 aromatic heterocycles. The smallest absolute Gasteiger partial charge is 0.323 e. The van der Waals surface area contributed by atoms with Crippen LogP contribution in [0.3, 0.4) is 0 Å². The Morgan fingerprint density at radius 3 is 2.41 bits per heavy atom. The summed E-state index contributed by atoms with van der Waals surface area (Å²) in [4.78, 5) is 14.6. The van der Waals surface area contributed by atoms with Crippen LogP contribution in [-0.4, -0.2) is 22.5 Å². The van der Waals surface area contributed by atoms with Crippen molar-refractivity contribution in [2.45, 2.75) is 19.4 Å². The topological polar surface area (TPSA) is 44.4 Å². The fourth-order valence-electron chi connectivity index (χ4n) is 2.79. The Hall–Kier alpha value is -2.62. The van der Waals surface area contributed by atoms with E-state index >= 15 is 0 Å². The fourth-order valence-corrected chi connectivity index (χ4v) is 2.79. The SMILES string of the molecule is C[C@@H](c1ccccc1)N1CCC(O)=C([n+]2ccccc2)C1=O. The van der Waals surface area contributed by atoms with E-state index in [0.29, 0.717) is 18.7 Å². The molecule has 112 valence electrons. The Morgan fingerprint density at radius 2 is 1.73 bits per heavy atom. The summed E-state index contributed by atoms with van der Waals surface area (Å²) < 4.78 is 1.68. The van der Waals surface area contributed by atoms with Crippen molar-refractivity contribution in [2.75, 3.05) is 6.54 Å². The third-order valence-corrected chi connectivity index (χ3v) is 4.05. The molecular formula is C18H19N2O2+. The summed E-state index contributed by atoms with van der Waals surface area (Å²) in [6.45, 7) is 2.54. The lowest BCUT2D eigenvalue weighted by Gasteiger charge is -2.31. The molecule has 0 fully saturated rings. The van der Waals surface area contributed by atoms with Crippen molar-refractivity contribution >= 4 is 11.6 Å². The zero-order chi connectivity index (χ0) is 15.5. The highest BCUT2D eigenvalue weighted by atomic mass is 16.3. The Kier molecular flexibility index (Phi) is 3.92. The van der Waals surface area contributed by atoms with Crippen LogP contribution in [0, 0.1) is 0 Å². The average Bonchev–Trinajstić information content (AvgIpc) is 2.56. The summed E-state index contributed by atoms with van der Waals surface area (Å²) in [5.74, 6) is 0.00835. The number of nitrogens with zero attached hydrogens (tertiary/aromatic N) is 2. The first-order chi connectivity index (χ1) is 10.7. The second-order valence-corrected chi connectivity index (χ2v) is 5.41. The predicted molar refractivity (Wildman–Crippen MR) is 83.7 cm³/mol. The van der Waals surface area contributed by atoms with Gasteiger partial charge < -0.3 is 10.0 Å². The fraction of sp³-hybridized carbons (Fsp3) is 0.222. The average molecular weight is 295 g/mol. The van der Waals surface area contributed by atoms with E-state index in [4.69, 9.17) is 0 Å². The van der Waals surface area contributed by atoms with Gasteiger partial charge in [-0.05, 0) is 12.5 Å². The van der Waals surface area contributed by atoms with Crippen molar-refractivity contribution in [3.05, 3.63) is 72.2 Å². The maximum absolute atomic E-state index is 12.8. The normalized spacial score (nSPS) is 16.8. The van der Waals surface area contributed by atoms with E-state index in [2.05, 4.69) is 0 Å². The van der Waals surface area contributed by atoms with Gasteiger partial charge in [-0.3, -0.25) is 4.79 Å². The van der Waals surface area contributed by atoms with Crippen LogP contribution < -0.4 is 4.57 Å². The van der Waals surface area contributed by atoms with Gasteiger partial charge >= 0.3 is 11.6 Å². The molecule has 0 saturated heterocycles. The third kappa shape index (κ3) is 2.60. The van der Waals surface area contributed by atoms with Gasteiger partial charge in [0.15, 0.2) is 18.2 Å². The molecule has 1 aromatic carbocycles. The van der Waals surface area contributed by atoms with Crippen molar-refractivity contribution in [1.29, 1.82) is 0 Å². The highest BCUT2D eigenvalue weighted by Gasteiger charge is 2.36. The first-order valence-electron chi connectivity index (χ1n) is 7.43. The second-order valence-electron chi connectivity index (χ2n) is 5.41. The molecule has 0 bridgehead atoms. The Bertz CT molecular complexity index is 696. The van der Waals surface area contributed by atoms with Gasteiger partial charge in [0.05, 0.1) is 6.04 Å². The van der Waals surface area contributed by atoms with E-state index < -0.39 is 0 Å². The molecule has 0 unspecified atom stereocenters. The van der Waals surface area contributed by atoms with Crippen LogP contribution in [0.15, 0.2) is 66.7 Å². The van der Waals surface area contributed by atoms with Gasteiger partial charge in [-0.1, -0.05) is 36.4 Å². The van der Waals surface area contributed by atoms with Gasteiger partial charge in [0.2, 0.25) is 0 Å². The van der Waals surface area contributed by atoms with Crippen molar-refractivity contribution in [3.8, 4) is 0 Å². The van der Waals surface area contributed by atoms with E-state index in [0.717, 1.165) is 5.56 Å². The van der Waals surface area contributed by atoms with Gasteiger partial charge in [-0.2, -0.15) is 4.57 Å². The molecule has 2 heterocycles. The molecule has 1 aliphatic heterocycles. The summed E-state index contributed by atoms with van der Waals surface area (Å²) in [5.41, 5.74) is 1.43. The summed E-state index contributed by atoms with van der Waals surface area (Å²) >= 11 is 0. The molecule has 0 saturated carbocycles. The number of aliphatic hydroxyl groups is 1. The first-order valence-corrected chi connectivity index (χ1v) is 7.43. The minimum atomic E-state index is -0.142. The Labute approximate surface area is 129 Å². The van der Waals surface area contributed by atoms with E-state index in [1.165, 1.54) is 0 Å². The lowest BCUT2D eigenvalue weighted by Crippen LogP contribution is -2.47. The monoisotopic (exact) mass is 295 g/mol. The van der Waals surface area contributed by atoms with E-state index in [-0.39, 0.29) is 17.7 Å². The Balaban J connectivity index is 1.93. The second kappa shape index (κ2) is 6.02. The number of carbonyl (C=O) groups is 1. The van der Waals surface area contributed by atoms with Crippen LogP contribution in [0.25, 0.3) is 5.70 Å². The van der Waals surface area contributed by atoms with Crippen LogP contribution in [0.5, 0.6) is 0 Å². The lowest BCUT2D eigenvalue weighted by molar-refractivity contribution is -0.579. The molecule has 1 aliphatic rings. The molecule has 0 radical (unpaired) electrons. The number of amides is 1. The van der Waals surface area contributed by atoms with Crippen molar-refractivity contribution in [1.82, 2.24) is 4.90 Å². The number of hydrogen-bond acceptors (Lipinski definition) is 2. The van der Waals surface area contributed by atoms with Crippen molar-refractivity contribution < 1.29 is 14.5 Å². The molecule has 1 atom stereocenters. The van der Waals surface area contributed by atoms with E-state index in [9.17, 15) is 9.90 Å². The zero-order valence-electron chi connectivity index (χ0n) is 12.5. The molecule has 22 heavy (non-hydrogen) atoms. The van der Waals surface area contributed by atoms with E-state index in [1.807, 2.05) is 60.4 Å². The third-order valence-electron chi connectivity index (χ3n) is 4.05. The van der Waals surface area contributed by atoms with Crippen LogP contribution in [-0.2, 0) is 4.79 Å². The number of benzene rings is 1. The molecule has 0 aliphatic carbocycles. The quantitative estimate of drug-likeness (QED) is 0.885. The minimum Gasteiger partial charge on any atom is -0.506 e. The van der Waals surface area contributed by atoms with Crippen LogP contribution in [0.1, 0.15) is 24.9 Å². The number of aromatic nitrogens is 1. The highest BCUT2D eigenvalue weighted by Crippen LogP contribution is 2.27. The number of aliphatic hydroxyl groups excluding tert-OH is 1. The molecular weight excluding hydrogens is 276 g/mol. The molecule has 1 amide bonds. The van der Waals surface area contributed by atoms with Gasteiger partial charge in [0, 0.05) is 25.1 Å². The lowest BCUT2D eigenvalue weighted by atomic mass is 10.0. The van der Waals surface area contributed by atoms with Gasteiger partial charge in [-0.15, -0.1) is 0 Å². The molecule has 1 N–H and O–H groups in total. The predicted octanol–water partition coefficient (Wildman–Crippen LogP) is 2.69. The maximum atomic E-state index is 12.8. The zero-order valence-corrected chi connectivity index (χ0v) is 12.5. The number of carbonyl (C=O) groups excluding carboxylic acids is 1. The first kappa shape index (κ1) is 14.3. The largest absolute Gasteiger partial charge is 0.506 e. The summed E-state index contributed by atoms with van der Waals surface area (Å²) in [7, 11) is 0. The van der Waals surface area contributed by atoms with Crippen LogP contribution in [0.4, 0.5) is 0 Å². The van der Waals surface area contributed by atoms with Crippen LogP contribution in [0.2, 0.25) is 0 Å². The summed E-state index contributed by atoms with van der Waals surface area (Å²) in [6, 6.07) is 15.5. The molecule has 2 aromatic rings.